The lowest BCUT2D eigenvalue weighted by atomic mass is 9.83. The molecule has 6 heteroatoms. The standard InChI is InChI=1S/C14H15Cl2NO3/c1-8-5-6-9(10(15)7-8)14(16)11(18)13(2,3)20-17(4)12(14)19/h5-7H,1-4H3. The fourth-order valence-corrected chi connectivity index (χ4v) is 3.23. The first-order valence-electron chi connectivity index (χ1n) is 6.08. The minimum Gasteiger partial charge on any atom is -0.293 e. The van der Waals surface area contributed by atoms with E-state index in [0.717, 1.165) is 10.6 Å². The molecule has 0 saturated carbocycles. The molecule has 0 aromatic heterocycles. The highest BCUT2D eigenvalue weighted by molar-refractivity contribution is 6.48. The highest BCUT2D eigenvalue weighted by Gasteiger charge is 2.59. The molecule has 4 nitrogen and oxygen atoms in total. The summed E-state index contributed by atoms with van der Waals surface area (Å²) in [5, 5.41) is 1.28. The van der Waals surface area contributed by atoms with Crippen LogP contribution in [0.5, 0.6) is 0 Å². The van der Waals surface area contributed by atoms with Gasteiger partial charge in [0.1, 0.15) is 0 Å². The number of carbonyl (C=O) groups excluding carboxylic acids is 2. The van der Waals surface area contributed by atoms with Crippen LogP contribution in [0.15, 0.2) is 18.2 Å². The van der Waals surface area contributed by atoms with Crippen LogP contribution in [-0.2, 0) is 19.3 Å². The van der Waals surface area contributed by atoms with Gasteiger partial charge in [0.2, 0.25) is 10.7 Å². The number of carbonyl (C=O) groups is 2. The number of ketones is 1. The molecular weight excluding hydrogens is 301 g/mol. The summed E-state index contributed by atoms with van der Waals surface area (Å²) in [5.41, 5.74) is -0.0122. The molecule has 0 aliphatic carbocycles. The molecule has 1 aliphatic rings. The molecule has 1 fully saturated rings. The Morgan fingerprint density at radius 3 is 2.40 bits per heavy atom. The van der Waals surface area contributed by atoms with Crippen LogP contribution in [0, 0.1) is 6.92 Å². The maximum Gasteiger partial charge on any atom is 0.279 e. The summed E-state index contributed by atoms with van der Waals surface area (Å²) in [4.78, 5) is 28.4. The molecule has 1 aliphatic heterocycles. The third kappa shape index (κ3) is 2.12. The minimum atomic E-state index is -1.86. The van der Waals surface area contributed by atoms with Gasteiger partial charge in [0.05, 0.1) is 0 Å². The topological polar surface area (TPSA) is 46.6 Å². The molecule has 108 valence electrons. The summed E-state index contributed by atoms with van der Waals surface area (Å²) in [5.74, 6) is -1.17. The highest BCUT2D eigenvalue weighted by atomic mass is 35.5. The van der Waals surface area contributed by atoms with Crippen LogP contribution in [0.1, 0.15) is 25.0 Å². The van der Waals surface area contributed by atoms with Crippen molar-refractivity contribution in [2.75, 3.05) is 7.05 Å². The normalized spacial score (nSPS) is 26.0. The number of Topliss-reactive ketones (excluding diaryl/α,β-unsaturated/α-hetero) is 1. The van der Waals surface area contributed by atoms with E-state index in [2.05, 4.69) is 0 Å². The number of halogens is 2. The van der Waals surface area contributed by atoms with Gasteiger partial charge in [-0.3, -0.25) is 14.4 Å². The van der Waals surface area contributed by atoms with E-state index in [9.17, 15) is 9.59 Å². The largest absolute Gasteiger partial charge is 0.293 e. The molecule has 1 aromatic carbocycles. The highest BCUT2D eigenvalue weighted by Crippen LogP contribution is 2.43. The first kappa shape index (κ1) is 15.3. The number of hydrogen-bond acceptors (Lipinski definition) is 3. The molecule has 1 amide bonds. The van der Waals surface area contributed by atoms with Gasteiger partial charge >= 0.3 is 0 Å². The molecule has 0 radical (unpaired) electrons. The zero-order valence-electron chi connectivity index (χ0n) is 11.7. The van der Waals surface area contributed by atoms with E-state index >= 15 is 0 Å². The van der Waals surface area contributed by atoms with Crippen molar-refractivity contribution >= 4 is 34.9 Å². The van der Waals surface area contributed by atoms with E-state index in [1.807, 2.05) is 6.92 Å². The second-order valence-corrected chi connectivity index (χ2v) is 6.35. The Balaban J connectivity index is 2.66. The smallest absolute Gasteiger partial charge is 0.279 e. The molecule has 1 unspecified atom stereocenters. The fourth-order valence-electron chi connectivity index (χ4n) is 2.29. The SMILES string of the molecule is Cc1ccc(C2(Cl)C(=O)N(C)OC(C)(C)C2=O)c(Cl)c1. The van der Waals surface area contributed by atoms with Gasteiger partial charge in [-0.2, -0.15) is 0 Å². The van der Waals surface area contributed by atoms with E-state index in [-0.39, 0.29) is 10.6 Å². The second-order valence-electron chi connectivity index (χ2n) is 5.38. The van der Waals surface area contributed by atoms with Crippen molar-refractivity contribution in [2.24, 2.45) is 0 Å². The van der Waals surface area contributed by atoms with Crippen molar-refractivity contribution in [3.8, 4) is 0 Å². The van der Waals surface area contributed by atoms with Crippen molar-refractivity contribution in [3.63, 3.8) is 0 Å². The zero-order valence-corrected chi connectivity index (χ0v) is 13.2. The van der Waals surface area contributed by atoms with Gasteiger partial charge in [0.25, 0.3) is 5.91 Å². The Hall–Kier alpha value is -1.10. The van der Waals surface area contributed by atoms with Crippen LogP contribution >= 0.6 is 23.2 Å². The first-order valence-corrected chi connectivity index (χ1v) is 6.84. The third-order valence-corrected chi connectivity index (χ3v) is 4.15. The fraction of sp³-hybridized carbons (Fsp3) is 0.429. The monoisotopic (exact) mass is 315 g/mol. The molecular formula is C14H15Cl2NO3. The van der Waals surface area contributed by atoms with E-state index < -0.39 is 22.2 Å². The summed E-state index contributed by atoms with van der Waals surface area (Å²) < 4.78 is 0. The van der Waals surface area contributed by atoms with Crippen LogP contribution < -0.4 is 0 Å². The zero-order chi connectivity index (χ0) is 15.3. The number of alkyl halides is 1. The predicted octanol–water partition coefficient (Wildman–Crippen LogP) is 2.83. The lowest BCUT2D eigenvalue weighted by Crippen LogP contribution is -2.62. The summed E-state index contributed by atoms with van der Waals surface area (Å²) in [6.07, 6.45) is 0. The Labute approximate surface area is 127 Å². The Morgan fingerprint density at radius 1 is 1.25 bits per heavy atom. The summed E-state index contributed by atoms with van der Waals surface area (Å²) >= 11 is 12.6. The lowest BCUT2D eigenvalue weighted by Gasteiger charge is -2.42. The third-order valence-electron chi connectivity index (χ3n) is 3.30. The maximum absolute atomic E-state index is 12.6. The minimum absolute atomic E-state index is 0.282. The van der Waals surface area contributed by atoms with Crippen molar-refractivity contribution in [1.82, 2.24) is 5.06 Å². The van der Waals surface area contributed by atoms with Crippen LogP contribution in [0.3, 0.4) is 0 Å². The summed E-state index contributed by atoms with van der Waals surface area (Å²) in [6.45, 7) is 5.00. The second kappa shape index (κ2) is 4.72. The number of amides is 1. The number of hydrogen-bond donors (Lipinski definition) is 0. The molecule has 0 N–H and O–H groups in total. The maximum atomic E-state index is 12.6. The molecule has 0 spiro atoms. The van der Waals surface area contributed by atoms with Crippen molar-refractivity contribution in [1.29, 1.82) is 0 Å². The van der Waals surface area contributed by atoms with E-state index in [1.54, 1.807) is 32.0 Å². The number of nitrogens with zero attached hydrogens (tertiary/aromatic N) is 1. The number of aryl methyl sites for hydroxylation is 1. The van der Waals surface area contributed by atoms with Crippen LogP contribution in [0.4, 0.5) is 0 Å². The molecule has 0 bridgehead atoms. The number of benzene rings is 1. The Bertz CT molecular complexity index is 600. The van der Waals surface area contributed by atoms with Gasteiger partial charge in [-0.05, 0) is 32.4 Å². The van der Waals surface area contributed by atoms with Crippen molar-refractivity contribution in [2.45, 2.75) is 31.2 Å². The lowest BCUT2D eigenvalue weighted by molar-refractivity contribution is -0.236. The summed E-state index contributed by atoms with van der Waals surface area (Å²) in [6, 6.07) is 5.04. The predicted molar refractivity (Wildman–Crippen MR) is 76.7 cm³/mol. The molecule has 2 rings (SSSR count). The average Bonchev–Trinajstić information content (AvgIpc) is 2.34. The molecule has 1 atom stereocenters. The summed E-state index contributed by atoms with van der Waals surface area (Å²) in [7, 11) is 1.43. The number of rotatable bonds is 1. The Kier molecular flexibility index (Phi) is 3.61. The van der Waals surface area contributed by atoms with Crippen LogP contribution in [0.25, 0.3) is 0 Å². The molecule has 20 heavy (non-hydrogen) atoms. The van der Waals surface area contributed by atoms with Crippen LogP contribution in [0.2, 0.25) is 5.02 Å². The molecule has 1 heterocycles. The van der Waals surface area contributed by atoms with Gasteiger partial charge in [-0.1, -0.05) is 35.3 Å². The number of likely N-dealkylation sites (N-methyl/N-ethyl adjacent to an activating group) is 1. The van der Waals surface area contributed by atoms with E-state index in [1.165, 1.54) is 7.05 Å². The average molecular weight is 316 g/mol. The van der Waals surface area contributed by atoms with Gasteiger partial charge < -0.3 is 0 Å². The van der Waals surface area contributed by atoms with E-state index in [0.29, 0.717) is 0 Å². The first-order chi connectivity index (χ1) is 9.10. The van der Waals surface area contributed by atoms with Gasteiger partial charge in [0.15, 0.2) is 5.60 Å². The van der Waals surface area contributed by atoms with Gasteiger partial charge in [0, 0.05) is 17.6 Å². The van der Waals surface area contributed by atoms with Crippen molar-refractivity contribution in [3.05, 3.63) is 34.3 Å². The molecule has 1 aromatic rings. The van der Waals surface area contributed by atoms with Crippen molar-refractivity contribution < 1.29 is 14.4 Å². The van der Waals surface area contributed by atoms with Gasteiger partial charge in [-0.15, -0.1) is 0 Å². The van der Waals surface area contributed by atoms with E-state index in [4.69, 9.17) is 28.0 Å². The van der Waals surface area contributed by atoms with Gasteiger partial charge in [-0.25, -0.2) is 5.06 Å². The molecule has 1 saturated heterocycles. The quantitative estimate of drug-likeness (QED) is 0.591. The Morgan fingerprint density at radius 2 is 1.85 bits per heavy atom. The van der Waals surface area contributed by atoms with Crippen LogP contribution in [-0.4, -0.2) is 29.4 Å². The number of hydroxylamine groups is 2.